The molecule has 0 aliphatic heterocycles. The maximum absolute atomic E-state index is 11.6. The Balaban J connectivity index is 1.94. The van der Waals surface area contributed by atoms with E-state index >= 15 is 0 Å². The standard InChI is InChI=1S/C16H24N2O2/c1-11-3-5-12(6-4-11)10-18-13-7-8-15(17)14(9-13)16(19)20-2/h7-9,11-12,18H,3-6,10,17H2,1-2H3. The third-order valence-corrected chi connectivity index (χ3v) is 4.19. The van der Waals surface area contributed by atoms with Gasteiger partial charge in [0, 0.05) is 17.9 Å². The topological polar surface area (TPSA) is 64.3 Å². The molecule has 0 saturated heterocycles. The molecule has 3 N–H and O–H groups in total. The molecule has 0 spiro atoms. The van der Waals surface area contributed by atoms with Crippen LogP contribution in [0.5, 0.6) is 0 Å². The highest BCUT2D eigenvalue weighted by molar-refractivity contribution is 5.96. The normalized spacial score (nSPS) is 22.3. The van der Waals surface area contributed by atoms with Crippen LogP contribution in [0.2, 0.25) is 0 Å². The van der Waals surface area contributed by atoms with Crippen molar-refractivity contribution in [1.29, 1.82) is 0 Å². The van der Waals surface area contributed by atoms with Crippen LogP contribution in [0.3, 0.4) is 0 Å². The molecule has 20 heavy (non-hydrogen) atoms. The number of benzene rings is 1. The lowest BCUT2D eigenvalue weighted by Gasteiger charge is -2.26. The van der Waals surface area contributed by atoms with E-state index in [-0.39, 0.29) is 0 Å². The summed E-state index contributed by atoms with van der Waals surface area (Å²) in [6.07, 6.45) is 5.21. The minimum absolute atomic E-state index is 0.391. The summed E-state index contributed by atoms with van der Waals surface area (Å²) in [5.74, 6) is 1.21. The van der Waals surface area contributed by atoms with Gasteiger partial charge in [-0.25, -0.2) is 4.79 Å². The van der Waals surface area contributed by atoms with Gasteiger partial charge in [-0.15, -0.1) is 0 Å². The monoisotopic (exact) mass is 276 g/mol. The number of methoxy groups -OCH3 is 1. The van der Waals surface area contributed by atoms with Crippen LogP contribution < -0.4 is 11.1 Å². The highest BCUT2D eigenvalue weighted by Crippen LogP contribution is 2.28. The molecular weight excluding hydrogens is 252 g/mol. The van der Waals surface area contributed by atoms with Gasteiger partial charge < -0.3 is 15.8 Å². The van der Waals surface area contributed by atoms with Gasteiger partial charge in [-0.2, -0.15) is 0 Å². The van der Waals surface area contributed by atoms with Gasteiger partial charge in [0.25, 0.3) is 0 Å². The van der Waals surface area contributed by atoms with Crippen molar-refractivity contribution in [3.05, 3.63) is 23.8 Å². The highest BCUT2D eigenvalue weighted by atomic mass is 16.5. The quantitative estimate of drug-likeness (QED) is 0.654. The Morgan fingerprint density at radius 3 is 2.70 bits per heavy atom. The number of nitrogen functional groups attached to an aromatic ring is 1. The van der Waals surface area contributed by atoms with E-state index in [1.54, 1.807) is 12.1 Å². The van der Waals surface area contributed by atoms with Gasteiger partial charge in [-0.05, 0) is 42.9 Å². The molecule has 0 atom stereocenters. The Bertz CT molecular complexity index is 466. The van der Waals surface area contributed by atoms with E-state index in [1.165, 1.54) is 32.8 Å². The summed E-state index contributed by atoms with van der Waals surface area (Å²) in [4.78, 5) is 11.6. The molecule has 0 radical (unpaired) electrons. The van der Waals surface area contributed by atoms with Crippen LogP contribution in [0.25, 0.3) is 0 Å². The van der Waals surface area contributed by atoms with Gasteiger partial charge in [0.1, 0.15) is 0 Å². The SMILES string of the molecule is COC(=O)c1cc(NCC2CCC(C)CC2)ccc1N. The second kappa shape index (κ2) is 6.64. The zero-order valence-corrected chi connectivity index (χ0v) is 12.3. The van der Waals surface area contributed by atoms with Crippen molar-refractivity contribution < 1.29 is 9.53 Å². The number of carbonyl (C=O) groups is 1. The molecule has 110 valence electrons. The van der Waals surface area contributed by atoms with Crippen molar-refractivity contribution in [2.24, 2.45) is 11.8 Å². The lowest BCUT2D eigenvalue weighted by atomic mass is 9.83. The Morgan fingerprint density at radius 2 is 2.05 bits per heavy atom. The predicted octanol–water partition coefficient (Wildman–Crippen LogP) is 3.29. The first kappa shape index (κ1) is 14.7. The summed E-state index contributed by atoms with van der Waals surface area (Å²) in [7, 11) is 1.37. The highest BCUT2D eigenvalue weighted by Gasteiger charge is 2.18. The summed E-state index contributed by atoms with van der Waals surface area (Å²) >= 11 is 0. The van der Waals surface area contributed by atoms with E-state index in [2.05, 4.69) is 12.2 Å². The molecule has 1 aromatic carbocycles. The summed E-state index contributed by atoms with van der Waals surface area (Å²) in [5, 5.41) is 3.41. The Kier molecular flexibility index (Phi) is 4.88. The maximum atomic E-state index is 11.6. The number of nitrogens with one attached hydrogen (secondary N) is 1. The molecule has 0 bridgehead atoms. The second-order valence-electron chi connectivity index (χ2n) is 5.80. The van der Waals surface area contributed by atoms with Crippen LogP contribution in [-0.2, 0) is 4.74 Å². The number of hydrogen-bond acceptors (Lipinski definition) is 4. The summed E-state index contributed by atoms with van der Waals surface area (Å²) in [6.45, 7) is 3.28. The van der Waals surface area contributed by atoms with Gasteiger partial charge in [-0.1, -0.05) is 19.8 Å². The number of ether oxygens (including phenoxy) is 1. The zero-order chi connectivity index (χ0) is 14.5. The average molecular weight is 276 g/mol. The third kappa shape index (κ3) is 3.65. The van der Waals surface area contributed by atoms with E-state index in [4.69, 9.17) is 10.5 Å². The van der Waals surface area contributed by atoms with Gasteiger partial charge in [0.05, 0.1) is 12.7 Å². The molecule has 0 amide bonds. The van der Waals surface area contributed by atoms with Gasteiger partial charge in [0.2, 0.25) is 0 Å². The van der Waals surface area contributed by atoms with Crippen molar-refractivity contribution >= 4 is 17.3 Å². The number of rotatable bonds is 4. The third-order valence-electron chi connectivity index (χ3n) is 4.19. The average Bonchev–Trinajstić information content (AvgIpc) is 2.47. The Labute approximate surface area is 120 Å². The van der Waals surface area contributed by atoms with Crippen molar-refractivity contribution in [2.45, 2.75) is 32.6 Å². The zero-order valence-electron chi connectivity index (χ0n) is 12.3. The number of anilines is 2. The van der Waals surface area contributed by atoms with Crippen LogP contribution >= 0.6 is 0 Å². The van der Waals surface area contributed by atoms with E-state index in [9.17, 15) is 4.79 Å². The predicted molar refractivity (Wildman–Crippen MR) is 81.8 cm³/mol. The van der Waals surface area contributed by atoms with E-state index in [0.29, 0.717) is 11.3 Å². The fourth-order valence-corrected chi connectivity index (χ4v) is 2.75. The van der Waals surface area contributed by atoms with E-state index < -0.39 is 5.97 Å². The number of nitrogens with two attached hydrogens (primary N) is 1. The fraction of sp³-hybridized carbons (Fsp3) is 0.562. The first-order valence-corrected chi connectivity index (χ1v) is 7.32. The molecule has 4 heteroatoms. The molecule has 1 aliphatic carbocycles. The molecule has 0 heterocycles. The first-order valence-electron chi connectivity index (χ1n) is 7.32. The minimum Gasteiger partial charge on any atom is -0.465 e. The molecule has 1 aromatic rings. The fourth-order valence-electron chi connectivity index (χ4n) is 2.75. The van der Waals surface area contributed by atoms with Crippen LogP contribution in [0.1, 0.15) is 43.0 Å². The molecule has 0 aromatic heterocycles. The molecular formula is C16H24N2O2. The summed E-state index contributed by atoms with van der Waals surface area (Å²) in [5.41, 5.74) is 7.60. The minimum atomic E-state index is -0.391. The first-order chi connectivity index (χ1) is 9.60. The number of carbonyl (C=O) groups excluding carboxylic acids is 1. The van der Waals surface area contributed by atoms with Crippen LogP contribution in [0.15, 0.2) is 18.2 Å². The van der Waals surface area contributed by atoms with Crippen LogP contribution in [0.4, 0.5) is 11.4 Å². The van der Waals surface area contributed by atoms with E-state index in [0.717, 1.165) is 24.1 Å². The van der Waals surface area contributed by atoms with Crippen molar-refractivity contribution in [3.8, 4) is 0 Å². The lowest BCUT2D eigenvalue weighted by molar-refractivity contribution is 0.0602. The van der Waals surface area contributed by atoms with E-state index in [1.807, 2.05) is 6.07 Å². The summed E-state index contributed by atoms with van der Waals surface area (Å²) < 4.78 is 4.73. The van der Waals surface area contributed by atoms with Crippen molar-refractivity contribution in [2.75, 3.05) is 24.7 Å². The number of esters is 1. The van der Waals surface area contributed by atoms with Crippen LogP contribution in [0, 0.1) is 11.8 Å². The molecule has 1 saturated carbocycles. The largest absolute Gasteiger partial charge is 0.465 e. The Morgan fingerprint density at radius 1 is 1.35 bits per heavy atom. The molecule has 0 unspecified atom stereocenters. The number of hydrogen-bond donors (Lipinski definition) is 2. The molecule has 4 nitrogen and oxygen atoms in total. The smallest absolute Gasteiger partial charge is 0.340 e. The molecule has 1 aliphatic rings. The van der Waals surface area contributed by atoms with Crippen LogP contribution in [-0.4, -0.2) is 19.6 Å². The molecule has 1 fully saturated rings. The maximum Gasteiger partial charge on any atom is 0.340 e. The van der Waals surface area contributed by atoms with Gasteiger partial charge in [-0.3, -0.25) is 0 Å². The van der Waals surface area contributed by atoms with Crippen molar-refractivity contribution in [1.82, 2.24) is 0 Å². The van der Waals surface area contributed by atoms with Gasteiger partial charge >= 0.3 is 5.97 Å². The van der Waals surface area contributed by atoms with Crippen molar-refractivity contribution in [3.63, 3.8) is 0 Å². The Hall–Kier alpha value is -1.71. The van der Waals surface area contributed by atoms with Gasteiger partial charge in [0.15, 0.2) is 0 Å². The second-order valence-corrected chi connectivity index (χ2v) is 5.80. The molecule has 2 rings (SSSR count). The summed E-state index contributed by atoms with van der Waals surface area (Å²) in [6, 6.07) is 5.43. The lowest BCUT2D eigenvalue weighted by Crippen LogP contribution is -2.20.